The van der Waals surface area contributed by atoms with Gasteiger partial charge in [-0.3, -0.25) is 0 Å². The number of fused-ring (bicyclic) bond motifs is 1. The predicted octanol–water partition coefficient (Wildman–Crippen LogP) is 2.93. The molecule has 98 valence electrons. The minimum absolute atomic E-state index is 0.459. The maximum atomic E-state index is 10.3. The van der Waals surface area contributed by atoms with Crippen LogP contribution in [0.15, 0.2) is 47.1 Å². The van der Waals surface area contributed by atoms with E-state index >= 15 is 0 Å². The summed E-state index contributed by atoms with van der Waals surface area (Å²) in [4.78, 5) is 4.27. The van der Waals surface area contributed by atoms with Gasteiger partial charge in [-0.25, -0.2) is 4.98 Å². The molecule has 1 N–H and O–H groups in total. The Morgan fingerprint density at radius 3 is 3.00 bits per heavy atom. The highest BCUT2D eigenvalue weighted by Gasteiger charge is 2.16. The Morgan fingerprint density at radius 1 is 1.37 bits per heavy atom. The molecule has 2 heterocycles. The highest BCUT2D eigenvalue weighted by atomic mass is 16.4. The molecule has 0 spiro atoms. The molecule has 3 aromatic rings. The van der Waals surface area contributed by atoms with Crippen LogP contribution in [-0.2, 0) is 13.0 Å². The molecule has 0 aliphatic heterocycles. The van der Waals surface area contributed by atoms with Crippen molar-refractivity contribution in [1.29, 1.82) is 0 Å². The zero-order chi connectivity index (χ0) is 13.2. The van der Waals surface area contributed by atoms with E-state index in [0.29, 0.717) is 12.2 Å². The van der Waals surface area contributed by atoms with Crippen molar-refractivity contribution in [2.45, 2.75) is 26.0 Å². The van der Waals surface area contributed by atoms with Crippen LogP contribution < -0.4 is 0 Å². The number of furan rings is 1. The fourth-order valence-electron chi connectivity index (χ4n) is 2.26. The van der Waals surface area contributed by atoms with E-state index in [-0.39, 0.29) is 0 Å². The molecule has 4 nitrogen and oxygen atoms in total. The Labute approximate surface area is 111 Å². The van der Waals surface area contributed by atoms with Crippen LogP contribution in [0.4, 0.5) is 0 Å². The number of aryl methyl sites for hydroxylation is 1. The molecular formula is C15H16N2O2. The zero-order valence-corrected chi connectivity index (χ0v) is 10.8. The molecule has 0 aliphatic rings. The summed E-state index contributed by atoms with van der Waals surface area (Å²) in [5.41, 5.74) is 0.801. The first-order valence-electron chi connectivity index (χ1n) is 6.44. The Hall–Kier alpha value is -2.07. The van der Waals surface area contributed by atoms with E-state index in [9.17, 15) is 5.11 Å². The van der Waals surface area contributed by atoms with Crippen LogP contribution in [0.3, 0.4) is 0 Å². The second-order valence-corrected chi connectivity index (χ2v) is 4.54. The quantitative estimate of drug-likeness (QED) is 0.780. The third kappa shape index (κ3) is 2.27. The monoisotopic (exact) mass is 256 g/mol. The van der Waals surface area contributed by atoms with E-state index in [1.165, 1.54) is 0 Å². The topological polar surface area (TPSA) is 51.2 Å². The molecule has 1 unspecified atom stereocenters. The molecule has 0 fully saturated rings. The molecule has 4 heteroatoms. The largest absolute Gasteiger partial charge is 0.458 e. The number of para-hydroxylation sites is 1. The predicted molar refractivity (Wildman–Crippen MR) is 72.8 cm³/mol. The summed E-state index contributed by atoms with van der Waals surface area (Å²) < 4.78 is 7.68. The summed E-state index contributed by atoms with van der Waals surface area (Å²) in [7, 11) is 0. The highest BCUT2D eigenvalue weighted by molar-refractivity contribution is 5.77. The third-order valence-corrected chi connectivity index (χ3v) is 3.29. The van der Waals surface area contributed by atoms with Gasteiger partial charge in [-0.2, -0.15) is 0 Å². The van der Waals surface area contributed by atoms with Gasteiger partial charge < -0.3 is 14.1 Å². The number of aliphatic hydroxyl groups excluding tert-OH is 1. The van der Waals surface area contributed by atoms with Crippen LogP contribution in [0, 0.1) is 0 Å². The Bertz CT molecular complexity index is 651. The van der Waals surface area contributed by atoms with Crippen molar-refractivity contribution in [3.63, 3.8) is 0 Å². The van der Waals surface area contributed by atoms with Crippen molar-refractivity contribution in [2.24, 2.45) is 0 Å². The molecular weight excluding hydrogens is 240 g/mol. The molecule has 0 amide bonds. The minimum atomic E-state index is -0.667. The van der Waals surface area contributed by atoms with Gasteiger partial charge in [-0.15, -0.1) is 0 Å². The molecule has 0 aliphatic carbocycles. The van der Waals surface area contributed by atoms with E-state index < -0.39 is 6.10 Å². The van der Waals surface area contributed by atoms with Crippen molar-refractivity contribution in [3.8, 4) is 0 Å². The van der Waals surface area contributed by atoms with Crippen LogP contribution in [-0.4, -0.2) is 14.7 Å². The second kappa shape index (κ2) is 4.90. The first-order chi connectivity index (χ1) is 9.28. The van der Waals surface area contributed by atoms with Crippen LogP contribution >= 0.6 is 0 Å². The average Bonchev–Trinajstić information content (AvgIpc) is 3.03. The number of benzene rings is 1. The number of aliphatic hydroxyl groups is 1. The van der Waals surface area contributed by atoms with Crippen molar-refractivity contribution >= 4 is 11.0 Å². The number of hydrogen-bond acceptors (Lipinski definition) is 3. The zero-order valence-electron chi connectivity index (χ0n) is 10.8. The first kappa shape index (κ1) is 12.0. The van der Waals surface area contributed by atoms with Crippen molar-refractivity contribution < 1.29 is 9.52 Å². The summed E-state index contributed by atoms with van der Waals surface area (Å²) in [5.74, 6) is 1.46. The Balaban J connectivity index is 1.85. The lowest BCUT2D eigenvalue weighted by atomic mass is 10.1. The Morgan fingerprint density at radius 2 is 2.21 bits per heavy atom. The van der Waals surface area contributed by atoms with E-state index in [1.807, 2.05) is 41.1 Å². The molecule has 1 aromatic carbocycles. The van der Waals surface area contributed by atoms with E-state index in [1.54, 1.807) is 6.20 Å². The van der Waals surface area contributed by atoms with Gasteiger partial charge in [0, 0.05) is 30.7 Å². The molecule has 0 radical (unpaired) electrons. The molecule has 0 bridgehead atoms. The summed E-state index contributed by atoms with van der Waals surface area (Å²) in [6, 6.07) is 9.64. The van der Waals surface area contributed by atoms with E-state index in [4.69, 9.17) is 4.42 Å². The molecule has 0 saturated heterocycles. The molecule has 19 heavy (non-hydrogen) atoms. The van der Waals surface area contributed by atoms with Crippen LogP contribution in [0.5, 0.6) is 0 Å². The lowest BCUT2D eigenvalue weighted by Gasteiger charge is -2.08. The van der Waals surface area contributed by atoms with Crippen LogP contribution in [0.2, 0.25) is 0 Å². The lowest BCUT2D eigenvalue weighted by Crippen LogP contribution is -2.07. The van der Waals surface area contributed by atoms with E-state index in [2.05, 4.69) is 11.9 Å². The molecule has 2 aromatic heterocycles. The van der Waals surface area contributed by atoms with Gasteiger partial charge in [0.05, 0.1) is 0 Å². The minimum Gasteiger partial charge on any atom is -0.458 e. The normalized spacial score (nSPS) is 12.9. The standard InChI is InChI=1S/C15H16N2O2/c1-2-17-8-7-16-15(17)10-12(18)14-9-11-5-3-4-6-13(11)19-14/h3-9,12,18H,2,10H2,1H3. The van der Waals surface area contributed by atoms with Crippen molar-refractivity contribution in [2.75, 3.05) is 0 Å². The third-order valence-electron chi connectivity index (χ3n) is 3.29. The van der Waals surface area contributed by atoms with Gasteiger partial charge in [0.15, 0.2) is 0 Å². The maximum absolute atomic E-state index is 10.3. The van der Waals surface area contributed by atoms with Gasteiger partial charge in [0.1, 0.15) is 23.3 Å². The molecule has 0 saturated carbocycles. The number of aromatic nitrogens is 2. The van der Waals surface area contributed by atoms with Gasteiger partial charge in [0.25, 0.3) is 0 Å². The fourth-order valence-corrected chi connectivity index (χ4v) is 2.26. The van der Waals surface area contributed by atoms with Crippen molar-refractivity contribution in [3.05, 3.63) is 54.3 Å². The van der Waals surface area contributed by atoms with Gasteiger partial charge in [-0.05, 0) is 19.1 Å². The lowest BCUT2D eigenvalue weighted by molar-refractivity contribution is 0.149. The average molecular weight is 256 g/mol. The number of rotatable bonds is 4. The smallest absolute Gasteiger partial charge is 0.134 e. The van der Waals surface area contributed by atoms with Gasteiger partial charge in [0.2, 0.25) is 0 Å². The summed E-state index contributed by atoms with van der Waals surface area (Å²) in [6.45, 7) is 2.90. The maximum Gasteiger partial charge on any atom is 0.134 e. The Kier molecular flexibility index (Phi) is 3.09. The van der Waals surface area contributed by atoms with Gasteiger partial charge >= 0.3 is 0 Å². The summed E-state index contributed by atoms with van der Waals surface area (Å²) in [6.07, 6.45) is 3.46. The van der Waals surface area contributed by atoms with Crippen LogP contribution in [0.1, 0.15) is 24.6 Å². The number of hydrogen-bond donors (Lipinski definition) is 1. The van der Waals surface area contributed by atoms with Crippen LogP contribution in [0.25, 0.3) is 11.0 Å². The summed E-state index contributed by atoms with van der Waals surface area (Å²) in [5, 5.41) is 11.3. The van der Waals surface area contributed by atoms with Gasteiger partial charge in [-0.1, -0.05) is 18.2 Å². The molecule has 1 atom stereocenters. The molecule has 3 rings (SSSR count). The highest BCUT2D eigenvalue weighted by Crippen LogP contribution is 2.25. The SMILES string of the molecule is CCn1ccnc1CC(O)c1cc2ccccc2o1. The van der Waals surface area contributed by atoms with Crippen molar-refractivity contribution in [1.82, 2.24) is 9.55 Å². The summed E-state index contributed by atoms with van der Waals surface area (Å²) >= 11 is 0. The number of nitrogens with zero attached hydrogens (tertiary/aromatic N) is 2. The first-order valence-corrected chi connectivity index (χ1v) is 6.44. The number of imidazole rings is 1. The second-order valence-electron chi connectivity index (χ2n) is 4.54. The van der Waals surface area contributed by atoms with E-state index in [0.717, 1.165) is 23.3 Å². The fraction of sp³-hybridized carbons (Fsp3) is 0.267.